The van der Waals surface area contributed by atoms with E-state index in [1.54, 1.807) is 0 Å². The Morgan fingerprint density at radius 3 is 2.29 bits per heavy atom. The third kappa shape index (κ3) is 6.39. The molecule has 0 aromatic carbocycles. The molecule has 0 saturated carbocycles. The van der Waals surface area contributed by atoms with Crippen LogP contribution in [0.2, 0.25) is 0 Å². The van der Waals surface area contributed by atoms with E-state index in [1.807, 2.05) is 0 Å². The first kappa shape index (κ1) is 13.9. The second kappa shape index (κ2) is 8.25. The molecule has 0 aliphatic heterocycles. The van der Waals surface area contributed by atoms with Gasteiger partial charge in [0.15, 0.2) is 0 Å². The van der Waals surface area contributed by atoms with Crippen LogP contribution in [-0.2, 0) is 4.74 Å². The maximum absolute atomic E-state index is 8.74. The summed E-state index contributed by atoms with van der Waals surface area (Å²) in [6.07, 6.45) is 7.13. The van der Waals surface area contributed by atoms with Crippen molar-refractivity contribution in [1.82, 2.24) is 0 Å². The molecule has 0 spiro atoms. The van der Waals surface area contributed by atoms with Gasteiger partial charge in [0.25, 0.3) is 0 Å². The standard InChI is InChI=1S/C12H26O2/c1-4-6-7-9-12(3,8-5-2)14-11-10-13/h13H,4-11H2,1-3H3. The van der Waals surface area contributed by atoms with Gasteiger partial charge in [-0.1, -0.05) is 39.5 Å². The van der Waals surface area contributed by atoms with Crippen LogP contribution in [0.5, 0.6) is 0 Å². The van der Waals surface area contributed by atoms with Gasteiger partial charge in [-0.15, -0.1) is 0 Å². The lowest BCUT2D eigenvalue weighted by Gasteiger charge is -2.29. The number of unbranched alkanes of at least 4 members (excludes halogenated alkanes) is 2. The molecule has 2 heteroatoms. The summed E-state index contributed by atoms with van der Waals surface area (Å²) in [5, 5.41) is 8.74. The van der Waals surface area contributed by atoms with Gasteiger partial charge in [0.2, 0.25) is 0 Å². The molecular weight excluding hydrogens is 176 g/mol. The second-order valence-corrected chi connectivity index (χ2v) is 4.23. The highest BCUT2D eigenvalue weighted by Crippen LogP contribution is 2.24. The van der Waals surface area contributed by atoms with Crippen molar-refractivity contribution in [1.29, 1.82) is 0 Å². The summed E-state index contributed by atoms with van der Waals surface area (Å²) in [4.78, 5) is 0. The van der Waals surface area contributed by atoms with Gasteiger partial charge in [0.1, 0.15) is 0 Å². The van der Waals surface area contributed by atoms with Crippen LogP contribution in [0, 0.1) is 0 Å². The highest BCUT2D eigenvalue weighted by atomic mass is 16.5. The Hall–Kier alpha value is -0.0800. The van der Waals surface area contributed by atoms with Crippen LogP contribution in [0.15, 0.2) is 0 Å². The van der Waals surface area contributed by atoms with Crippen LogP contribution in [-0.4, -0.2) is 23.9 Å². The van der Waals surface area contributed by atoms with Crippen molar-refractivity contribution in [2.45, 2.75) is 64.9 Å². The molecule has 0 fully saturated rings. The zero-order valence-corrected chi connectivity index (χ0v) is 10.0. The van der Waals surface area contributed by atoms with Crippen molar-refractivity contribution in [3.8, 4) is 0 Å². The van der Waals surface area contributed by atoms with E-state index < -0.39 is 0 Å². The van der Waals surface area contributed by atoms with Crippen molar-refractivity contribution in [3.63, 3.8) is 0 Å². The minimum absolute atomic E-state index is 0.00729. The fraction of sp³-hybridized carbons (Fsp3) is 1.00. The van der Waals surface area contributed by atoms with Crippen molar-refractivity contribution < 1.29 is 9.84 Å². The van der Waals surface area contributed by atoms with E-state index in [9.17, 15) is 0 Å². The number of aliphatic hydroxyl groups excluding tert-OH is 1. The Bertz CT molecular complexity index is 125. The lowest BCUT2D eigenvalue weighted by Crippen LogP contribution is -2.29. The molecule has 0 heterocycles. The Morgan fingerprint density at radius 2 is 1.79 bits per heavy atom. The van der Waals surface area contributed by atoms with Gasteiger partial charge in [-0.3, -0.25) is 0 Å². The van der Waals surface area contributed by atoms with E-state index in [0.717, 1.165) is 19.3 Å². The molecule has 1 N–H and O–H groups in total. The zero-order valence-electron chi connectivity index (χ0n) is 10.0. The van der Waals surface area contributed by atoms with E-state index in [4.69, 9.17) is 9.84 Å². The Kier molecular flexibility index (Phi) is 8.20. The molecule has 2 nitrogen and oxygen atoms in total. The lowest BCUT2D eigenvalue weighted by atomic mass is 9.93. The average Bonchev–Trinajstić information content (AvgIpc) is 2.16. The number of rotatable bonds is 9. The molecule has 0 aromatic heterocycles. The molecular formula is C12H26O2. The minimum atomic E-state index is -0.00729. The SMILES string of the molecule is CCCCCC(C)(CCC)OCCO. The predicted octanol–water partition coefficient (Wildman–Crippen LogP) is 3.13. The first-order chi connectivity index (χ1) is 6.68. The van der Waals surface area contributed by atoms with E-state index in [1.165, 1.54) is 19.3 Å². The van der Waals surface area contributed by atoms with E-state index in [-0.39, 0.29) is 12.2 Å². The lowest BCUT2D eigenvalue weighted by molar-refractivity contribution is -0.0579. The zero-order chi connectivity index (χ0) is 10.9. The molecule has 0 aliphatic carbocycles. The normalized spacial score (nSPS) is 15.4. The van der Waals surface area contributed by atoms with Crippen LogP contribution < -0.4 is 0 Å². The van der Waals surface area contributed by atoms with Crippen LogP contribution in [0.25, 0.3) is 0 Å². The fourth-order valence-corrected chi connectivity index (χ4v) is 1.84. The molecule has 0 saturated heterocycles. The van der Waals surface area contributed by atoms with Crippen LogP contribution >= 0.6 is 0 Å². The topological polar surface area (TPSA) is 29.5 Å². The second-order valence-electron chi connectivity index (χ2n) is 4.23. The van der Waals surface area contributed by atoms with Gasteiger partial charge in [-0.05, 0) is 19.8 Å². The predicted molar refractivity (Wildman–Crippen MR) is 60.5 cm³/mol. The fourth-order valence-electron chi connectivity index (χ4n) is 1.84. The van der Waals surface area contributed by atoms with Gasteiger partial charge in [-0.25, -0.2) is 0 Å². The molecule has 1 atom stereocenters. The average molecular weight is 202 g/mol. The van der Waals surface area contributed by atoms with Crippen molar-refractivity contribution >= 4 is 0 Å². The maximum atomic E-state index is 8.74. The Labute approximate surface area is 88.7 Å². The number of ether oxygens (including phenoxy) is 1. The molecule has 0 aliphatic rings. The summed E-state index contributed by atoms with van der Waals surface area (Å²) < 4.78 is 5.72. The first-order valence-electron chi connectivity index (χ1n) is 5.93. The van der Waals surface area contributed by atoms with E-state index in [2.05, 4.69) is 20.8 Å². The summed E-state index contributed by atoms with van der Waals surface area (Å²) in [5.41, 5.74) is -0.00729. The quantitative estimate of drug-likeness (QED) is 0.582. The molecule has 0 rings (SSSR count). The first-order valence-corrected chi connectivity index (χ1v) is 5.93. The summed E-state index contributed by atoms with van der Waals surface area (Å²) >= 11 is 0. The molecule has 0 bridgehead atoms. The minimum Gasteiger partial charge on any atom is -0.394 e. The van der Waals surface area contributed by atoms with Gasteiger partial charge in [0, 0.05) is 0 Å². The van der Waals surface area contributed by atoms with Crippen molar-refractivity contribution in [3.05, 3.63) is 0 Å². The number of hydrogen-bond donors (Lipinski definition) is 1. The third-order valence-corrected chi connectivity index (χ3v) is 2.63. The Morgan fingerprint density at radius 1 is 1.07 bits per heavy atom. The van der Waals surface area contributed by atoms with Gasteiger partial charge >= 0.3 is 0 Å². The highest BCUT2D eigenvalue weighted by molar-refractivity contribution is 4.74. The summed E-state index contributed by atoms with van der Waals surface area (Å²) in [5.74, 6) is 0. The summed E-state index contributed by atoms with van der Waals surface area (Å²) in [6, 6.07) is 0. The number of aliphatic hydroxyl groups is 1. The van der Waals surface area contributed by atoms with Gasteiger partial charge in [0.05, 0.1) is 18.8 Å². The highest BCUT2D eigenvalue weighted by Gasteiger charge is 2.22. The van der Waals surface area contributed by atoms with Gasteiger partial charge < -0.3 is 9.84 Å². The largest absolute Gasteiger partial charge is 0.394 e. The monoisotopic (exact) mass is 202 g/mol. The van der Waals surface area contributed by atoms with Crippen molar-refractivity contribution in [2.75, 3.05) is 13.2 Å². The van der Waals surface area contributed by atoms with Gasteiger partial charge in [-0.2, -0.15) is 0 Å². The van der Waals surface area contributed by atoms with E-state index >= 15 is 0 Å². The summed E-state index contributed by atoms with van der Waals surface area (Å²) in [6.45, 7) is 7.17. The van der Waals surface area contributed by atoms with Crippen LogP contribution in [0.4, 0.5) is 0 Å². The molecule has 0 radical (unpaired) electrons. The van der Waals surface area contributed by atoms with Crippen LogP contribution in [0.3, 0.4) is 0 Å². The van der Waals surface area contributed by atoms with E-state index in [0.29, 0.717) is 6.61 Å². The summed E-state index contributed by atoms with van der Waals surface area (Å²) in [7, 11) is 0. The molecule has 14 heavy (non-hydrogen) atoms. The molecule has 1 unspecified atom stereocenters. The maximum Gasteiger partial charge on any atom is 0.0705 e. The number of hydrogen-bond acceptors (Lipinski definition) is 2. The molecule has 0 aromatic rings. The van der Waals surface area contributed by atoms with Crippen molar-refractivity contribution in [2.24, 2.45) is 0 Å². The smallest absolute Gasteiger partial charge is 0.0705 e. The molecule has 0 amide bonds. The Balaban J connectivity index is 3.82. The third-order valence-electron chi connectivity index (χ3n) is 2.63. The molecule has 86 valence electrons. The van der Waals surface area contributed by atoms with Crippen LogP contribution in [0.1, 0.15) is 59.3 Å².